The molecular formula is C50H31NO2. The molecule has 0 N–H and O–H groups in total. The molecule has 0 atom stereocenters. The van der Waals surface area contributed by atoms with Gasteiger partial charge in [-0.25, -0.2) is 0 Å². The molecule has 0 saturated heterocycles. The fourth-order valence-corrected chi connectivity index (χ4v) is 8.23. The molecule has 0 aromatic heterocycles. The van der Waals surface area contributed by atoms with Crippen molar-refractivity contribution in [3.63, 3.8) is 0 Å². The highest BCUT2D eigenvalue weighted by Gasteiger charge is 2.22. The Morgan fingerprint density at radius 1 is 0.302 bits per heavy atom. The van der Waals surface area contributed by atoms with Crippen LogP contribution in [0.5, 0.6) is 23.0 Å². The number of nitrogens with zero attached hydrogens (tertiary/aromatic N) is 1. The van der Waals surface area contributed by atoms with Gasteiger partial charge in [-0.15, -0.1) is 0 Å². The molecule has 1 heterocycles. The molecule has 248 valence electrons. The monoisotopic (exact) mass is 677 g/mol. The minimum absolute atomic E-state index is 0.667. The fraction of sp³-hybridized carbons (Fsp3) is 0. The summed E-state index contributed by atoms with van der Waals surface area (Å²) in [5.41, 5.74) is 5.45. The lowest BCUT2D eigenvalue weighted by Crippen LogP contribution is -2.10. The van der Waals surface area contributed by atoms with Gasteiger partial charge in [-0.1, -0.05) is 133 Å². The quantitative estimate of drug-likeness (QED) is 0.173. The van der Waals surface area contributed by atoms with Gasteiger partial charge < -0.3 is 14.4 Å². The summed E-state index contributed by atoms with van der Waals surface area (Å²) in [6.07, 6.45) is 0. The van der Waals surface area contributed by atoms with E-state index < -0.39 is 0 Å². The van der Waals surface area contributed by atoms with Gasteiger partial charge in [-0.3, -0.25) is 0 Å². The Morgan fingerprint density at radius 2 is 0.811 bits per heavy atom. The molecule has 0 saturated carbocycles. The summed E-state index contributed by atoms with van der Waals surface area (Å²) in [5, 5.41) is 12.0. The van der Waals surface area contributed by atoms with Crippen LogP contribution in [0.3, 0.4) is 0 Å². The molecule has 3 nitrogen and oxygen atoms in total. The Kier molecular flexibility index (Phi) is 6.55. The molecule has 0 fully saturated rings. The van der Waals surface area contributed by atoms with Crippen molar-refractivity contribution in [2.45, 2.75) is 0 Å². The first kappa shape index (κ1) is 29.6. The van der Waals surface area contributed by atoms with E-state index >= 15 is 0 Å². The van der Waals surface area contributed by atoms with E-state index in [4.69, 9.17) is 9.47 Å². The van der Waals surface area contributed by atoms with Crippen LogP contribution in [0, 0.1) is 0 Å². The number of fused-ring (bicyclic) bond motifs is 8. The van der Waals surface area contributed by atoms with Crippen molar-refractivity contribution < 1.29 is 9.47 Å². The molecular weight excluding hydrogens is 647 g/mol. The molecule has 0 radical (unpaired) electrons. The van der Waals surface area contributed by atoms with Gasteiger partial charge in [0, 0.05) is 17.4 Å². The third kappa shape index (κ3) is 4.75. The molecule has 11 rings (SSSR count). The second-order valence-corrected chi connectivity index (χ2v) is 13.7. The number of ether oxygens (including phenoxy) is 2. The Balaban J connectivity index is 1.11. The van der Waals surface area contributed by atoms with Crippen molar-refractivity contribution in [1.29, 1.82) is 0 Å². The number of anilines is 3. The maximum atomic E-state index is 6.68. The van der Waals surface area contributed by atoms with Gasteiger partial charge in [0.1, 0.15) is 11.5 Å². The van der Waals surface area contributed by atoms with Crippen molar-refractivity contribution in [1.82, 2.24) is 0 Å². The Morgan fingerprint density at radius 3 is 1.53 bits per heavy atom. The number of hydrogen-bond acceptors (Lipinski definition) is 3. The van der Waals surface area contributed by atoms with Crippen LogP contribution in [-0.4, -0.2) is 0 Å². The summed E-state index contributed by atoms with van der Waals surface area (Å²) in [7, 11) is 0. The molecule has 0 bridgehead atoms. The SMILES string of the molecule is c1ccc2c(-c3ccc(N(c4ccc5c(c4)Oc4cccc6cccc(c46)O5)c4ccc5c6ccccc6c6ccccc6c5c4)cc3)cccc2c1. The Hall–Kier alpha value is -7.10. The third-order valence-corrected chi connectivity index (χ3v) is 10.7. The van der Waals surface area contributed by atoms with Crippen molar-refractivity contribution in [3.8, 4) is 34.1 Å². The zero-order valence-corrected chi connectivity index (χ0v) is 28.7. The summed E-state index contributed by atoms with van der Waals surface area (Å²) < 4.78 is 13.2. The van der Waals surface area contributed by atoms with E-state index in [2.05, 4.69) is 163 Å². The van der Waals surface area contributed by atoms with E-state index in [9.17, 15) is 0 Å². The van der Waals surface area contributed by atoms with Crippen LogP contribution in [0.1, 0.15) is 0 Å². The normalized spacial score (nSPS) is 12.1. The van der Waals surface area contributed by atoms with Crippen LogP contribution in [-0.2, 0) is 0 Å². The molecule has 10 aromatic rings. The predicted octanol–water partition coefficient (Wildman–Crippen LogP) is 14.5. The largest absolute Gasteiger partial charge is 0.453 e. The molecule has 0 aliphatic carbocycles. The lowest BCUT2D eigenvalue weighted by atomic mass is 9.94. The highest BCUT2D eigenvalue weighted by Crippen LogP contribution is 2.49. The standard InChI is InChI=1S/C50H31NO2/c1-2-14-38-32(10-1)11-7-19-39(38)33-22-24-35(25-23-33)51(36-26-28-44-42-17-4-3-15-40(42)41-16-5-6-18-43(41)45(44)30-36)37-27-29-46-49(31-37)53-48-21-9-13-34-12-8-20-47(52-46)50(34)48/h1-31H. The molecule has 0 unspecified atom stereocenters. The summed E-state index contributed by atoms with van der Waals surface area (Å²) >= 11 is 0. The van der Waals surface area contributed by atoms with Gasteiger partial charge in [0.2, 0.25) is 0 Å². The lowest BCUT2D eigenvalue weighted by Gasteiger charge is -2.27. The molecule has 1 aliphatic rings. The number of hydrogen-bond donors (Lipinski definition) is 0. The molecule has 53 heavy (non-hydrogen) atoms. The van der Waals surface area contributed by atoms with Gasteiger partial charge in [-0.2, -0.15) is 0 Å². The van der Waals surface area contributed by atoms with Crippen molar-refractivity contribution in [2.24, 2.45) is 0 Å². The van der Waals surface area contributed by atoms with Gasteiger partial charge in [-0.05, 0) is 108 Å². The van der Waals surface area contributed by atoms with Gasteiger partial charge in [0.05, 0.1) is 11.1 Å². The van der Waals surface area contributed by atoms with Crippen molar-refractivity contribution in [2.75, 3.05) is 4.90 Å². The van der Waals surface area contributed by atoms with Gasteiger partial charge in [0.25, 0.3) is 0 Å². The lowest BCUT2D eigenvalue weighted by molar-refractivity contribution is 0.439. The van der Waals surface area contributed by atoms with Gasteiger partial charge >= 0.3 is 0 Å². The summed E-state index contributed by atoms with van der Waals surface area (Å²) in [5.74, 6) is 2.92. The van der Waals surface area contributed by atoms with E-state index in [1.54, 1.807) is 0 Å². The first-order valence-corrected chi connectivity index (χ1v) is 18.0. The van der Waals surface area contributed by atoms with Crippen LogP contribution in [0.15, 0.2) is 188 Å². The van der Waals surface area contributed by atoms with Crippen LogP contribution >= 0.6 is 0 Å². The van der Waals surface area contributed by atoms with E-state index in [1.165, 1.54) is 54.2 Å². The maximum absolute atomic E-state index is 6.68. The average Bonchev–Trinajstić information content (AvgIpc) is 3.38. The molecule has 0 spiro atoms. The minimum atomic E-state index is 0.667. The summed E-state index contributed by atoms with van der Waals surface area (Å²) in [6, 6.07) is 66.8. The summed E-state index contributed by atoms with van der Waals surface area (Å²) in [4.78, 5) is 2.32. The predicted molar refractivity (Wildman–Crippen MR) is 221 cm³/mol. The topological polar surface area (TPSA) is 21.7 Å². The van der Waals surface area contributed by atoms with Crippen molar-refractivity contribution in [3.05, 3.63) is 188 Å². The number of benzene rings is 10. The van der Waals surface area contributed by atoms with E-state index in [-0.39, 0.29) is 0 Å². The van der Waals surface area contributed by atoms with E-state index in [0.29, 0.717) is 11.5 Å². The van der Waals surface area contributed by atoms with Crippen LogP contribution in [0.2, 0.25) is 0 Å². The van der Waals surface area contributed by atoms with Crippen LogP contribution in [0.25, 0.3) is 65.0 Å². The van der Waals surface area contributed by atoms with E-state index in [0.717, 1.165) is 39.3 Å². The van der Waals surface area contributed by atoms with Crippen LogP contribution < -0.4 is 14.4 Å². The third-order valence-electron chi connectivity index (χ3n) is 10.7. The zero-order valence-electron chi connectivity index (χ0n) is 28.7. The maximum Gasteiger partial charge on any atom is 0.172 e. The summed E-state index contributed by atoms with van der Waals surface area (Å²) in [6.45, 7) is 0. The minimum Gasteiger partial charge on any atom is -0.453 e. The van der Waals surface area contributed by atoms with Crippen molar-refractivity contribution >= 4 is 70.9 Å². The molecule has 10 aromatic carbocycles. The second-order valence-electron chi connectivity index (χ2n) is 13.7. The Bertz CT molecular complexity index is 3030. The second kappa shape index (κ2) is 11.7. The molecule has 1 aliphatic heterocycles. The molecule has 0 amide bonds. The average molecular weight is 678 g/mol. The van der Waals surface area contributed by atoms with E-state index in [1.807, 2.05) is 30.3 Å². The van der Waals surface area contributed by atoms with Crippen LogP contribution in [0.4, 0.5) is 17.1 Å². The highest BCUT2D eigenvalue weighted by molar-refractivity contribution is 6.25. The highest BCUT2D eigenvalue weighted by atomic mass is 16.5. The fourth-order valence-electron chi connectivity index (χ4n) is 8.23. The first-order chi connectivity index (χ1) is 26.3. The zero-order chi connectivity index (χ0) is 34.9. The smallest absolute Gasteiger partial charge is 0.172 e. The van der Waals surface area contributed by atoms with Gasteiger partial charge in [0.15, 0.2) is 11.5 Å². The Labute approximate surface area is 306 Å². The molecule has 3 heteroatoms. The first-order valence-electron chi connectivity index (χ1n) is 18.0. The number of rotatable bonds is 4.